The Morgan fingerprint density at radius 2 is 1.48 bits per heavy atom. The molecule has 4 saturated carbocycles. The monoisotopic (exact) mass is 320 g/mol. The molecular formula is C21H36O2. The van der Waals surface area contributed by atoms with Crippen LogP contribution in [0, 0.1) is 28.6 Å². The Bertz CT molecular complexity index is 429. The van der Waals surface area contributed by atoms with Crippen molar-refractivity contribution in [2.45, 2.75) is 98.0 Å². The third-order valence-corrected chi connectivity index (χ3v) is 7.74. The second-order valence-electron chi connectivity index (χ2n) is 9.76. The van der Waals surface area contributed by atoms with Gasteiger partial charge in [0.1, 0.15) is 5.60 Å². The van der Waals surface area contributed by atoms with Crippen molar-refractivity contribution in [1.82, 2.24) is 0 Å². The number of carbonyl (C=O) groups is 1. The van der Waals surface area contributed by atoms with Crippen molar-refractivity contribution in [1.29, 1.82) is 0 Å². The van der Waals surface area contributed by atoms with E-state index in [2.05, 4.69) is 34.6 Å². The van der Waals surface area contributed by atoms with Gasteiger partial charge in [-0.2, -0.15) is 0 Å². The van der Waals surface area contributed by atoms with E-state index in [0.29, 0.717) is 0 Å². The smallest absolute Gasteiger partial charge is 0.312 e. The summed E-state index contributed by atoms with van der Waals surface area (Å²) in [6, 6.07) is 0. The highest BCUT2D eigenvalue weighted by Gasteiger charge is 2.59. The van der Waals surface area contributed by atoms with Crippen molar-refractivity contribution in [3.8, 4) is 0 Å². The van der Waals surface area contributed by atoms with Crippen molar-refractivity contribution in [3.63, 3.8) is 0 Å². The molecule has 4 bridgehead atoms. The maximum atomic E-state index is 13.0. The minimum absolute atomic E-state index is 0.0441. The van der Waals surface area contributed by atoms with E-state index in [-0.39, 0.29) is 22.4 Å². The Balaban J connectivity index is 1.77. The quantitative estimate of drug-likeness (QED) is 0.583. The van der Waals surface area contributed by atoms with E-state index in [1.54, 1.807) is 0 Å². The predicted molar refractivity (Wildman–Crippen MR) is 94.1 cm³/mol. The maximum absolute atomic E-state index is 13.0. The lowest BCUT2D eigenvalue weighted by molar-refractivity contribution is -0.207. The molecule has 4 aliphatic rings. The molecule has 2 heteroatoms. The van der Waals surface area contributed by atoms with Crippen LogP contribution in [0.4, 0.5) is 0 Å². The molecule has 0 heterocycles. The molecule has 0 radical (unpaired) electrons. The number of rotatable bonds is 6. The van der Waals surface area contributed by atoms with Crippen LogP contribution in [0.15, 0.2) is 0 Å². The lowest BCUT2D eigenvalue weighted by Crippen LogP contribution is -2.58. The summed E-state index contributed by atoms with van der Waals surface area (Å²) >= 11 is 0. The fourth-order valence-electron chi connectivity index (χ4n) is 6.29. The van der Waals surface area contributed by atoms with Crippen molar-refractivity contribution in [2.24, 2.45) is 28.6 Å². The molecular weight excluding hydrogens is 284 g/mol. The summed E-state index contributed by atoms with van der Waals surface area (Å²) in [6.07, 6.45) is 11.0. The topological polar surface area (TPSA) is 26.3 Å². The fourth-order valence-corrected chi connectivity index (χ4v) is 6.29. The van der Waals surface area contributed by atoms with E-state index in [0.717, 1.165) is 37.0 Å². The summed E-state index contributed by atoms with van der Waals surface area (Å²) in [6.45, 7) is 10.8. The van der Waals surface area contributed by atoms with Gasteiger partial charge >= 0.3 is 5.97 Å². The molecule has 1 unspecified atom stereocenters. The Hall–Kier alpha value is -0.530. The van der Waals surface area contributed by atoms with Crippen molar-refractivity contribution in [3.05, 3.63) is 0 Å². The van der Waals surface area contributed by atoms with E-state index in [9.17, 15) is 4.79 Å². The van der Waals surface area contributed by atoms with Crippen molar-refractivity contribution >= 4 is 5.97 Å². The van der Waals surface area contributed by atoms with Crippen LogP contribution >= 0.6 is 0 Å². The molecule has 0 N–H and O–H groups in total. The molecule has 0 aromatic heterocycles. The normalized spacial score (nSPS) is 38.4. The molecule has 23 heavy (non-hydrogen) atoms. The van der Waals surface area contributed by atoms with Gasteiger partial charge in [-0.15, -0.1) is 0 Å². The summed E-state index contributed by atoms with van der Waals surface area (Å²) in [4.78, 5) is 13.0. The van der Waals surface area contributed by atoms with Crippen LogP contribution in [-0.4, -0.2) is 11.6 Å². The summed E-state index contributed by atoms with van der Waals surface area (Å²) in [5.41, 5.74) is -0.378. The van der Waals surface area contributed by atoms with Gasteiger partial charge in [0.15, 0.2) is 0 Å². The zero-order valence-electron chi connectivity index (χ0n) is 15.9. The van der Waals surface area contributed by atoms with E-state index in [1.165, 1.54) is 38.5 Å². The first-order valence-corrected chi connectivity index (χ1v) is 9.97. The molecule has 0 aliphatic heterocycles. The minimum Gasteiger partial charge on any atom is -0.459 e. The van der Waals surface area contributed by atoms with Crippen LogP contribution in [0.5, 0.6) is 0 Å². The number of hydrogen-bond acceptors (Lipinski definition) is 2. The molecule has 0 amide bonds. The lowest BCUT2D eigenvalue weighted by atomic mass is 9.46. The molecule has 132 valence electrons. The van der Waals surface area contributed by atoms with Crippen molar-refractivity contribution in [2.75, 3.05) is 0 Å². The zero-order chi connectivity index (χ0) is 16.9. The Labute approximate surface area is 142 Å². The van der Waals surface area contributed by atoms with Crippen LogP contribution in [0.2, 0.25) is 0 Å². The predicted octanol–water partition coefficient (Wildman–Crippen LogP) is 5.74. The van der Waals surface area contributed by atoms with E-state index in [1.807, 2.05) is 0 Å². The van der Waals surface area contributed by atoms with Crippen LogP contribution < -0.4 is 0 Å². The van der Waals surface area contributed by atoms with Crippen molar-refractivity contribution < 1.29 is 9.53 Å². The molecule has 4 rings (SSSR count). The van der Waals surface area contributed by atoms with Gasteiger partial charge in [0.05, 0.1) is 5.41 Å². The second kappa shape index (κ2) is 5.77. The summed E-state index contributed by atoms with van der Waals surface area (Å²) in [5.74, 6) is 2.73. The van der Waals surface area contributed by atoms with Gasteiger partial charge in [0.2, 0.25) is 0 Å². The van der Waals surface area contributed by atoms with Crippen LogP contribution in [-0.2, 0) is 9.53 Å². The summed E-state index contributed by atoms with van der Waals surface area (Å²) in [5, 5.41) is 0. The zero-order valence-corrected chi connectivity index (χ0v) is 15.9. The van der Waals surface area contributed by atoms with Gasteiger partial charge < -0.3 is 4.74 Å². The third-order valence-electron chi connectivity index (χ3n) is 7.74. The molecule has 4 fully saturated rings. The second-order valence-corrected chi connectivity index (χ2v) is 9.76. The molecule has 2 nitrogen and oxygen atoms in total. The van der Waals surface area contributed by atoms with Crippen LogP contribution in [0.1, 0.15) is 92.4 Å². The number of hydrogen-bond donors (Lipinski definition) is 0. The highest BCUT2D eigenvalue weighted by atomic mass is 16.6. The third kappa shape index (κ3) is 2.85. The standard InChI is InChI=1S/C21H36O2/c1-6-8-20(5,7-2)18(22)23-19(3,4)21-12-15-9-16(13-21)11-17(10-15)14-21/h15-17H,6-14H2,1-5H3. The minimum atomic E-state index is -0.315. The molecule has 0 aromatic rings. The number of carbonyl (C=O) groups excluding carboxylic acids is 1. The molecule has 0 spiro atoms. The van der Waals surface area contributed by atoms with Gasteiger partial charge in [0, 0.05) is 5.41 Å². The molecule has 4 aliphatic carbocycles. The van der Waals surface area contributed by atoms with Crippen LogP contribution in [0.25, 0.3) is 0 Å². The van der Waals surface area contributed by atoms with Crippen LogP contribution in [0.3, 0.4) is 0 Å². The SMILES string of the molecule is CCCC(C)(CC)C(=O)OC(C)(C)C12CC3CC(CC(C3)C1)C2. The molecule has 0 aromatic carbocycles. The largest absolute Gasteiger partial charge is 0.459 e. The number of ether oxygens (including phenoxy) is 1. The van der Waals surface area contributed by atoms with E-state index >= 15 is 0 Å². The Morgan fingerprint density at radius 1 is 1.00 bits per heavy atom. The first-order valence-electron chi connectivity index (χ1n) is 9.97. The van der Waals surface area contributed by atoms with Gasteiger partial charge in [-0.05, 0) is 89.9 Å². The fraction of sp³-hybridized carbons (Fsp3) is 0.952. The average molecular weight is 321 g/mol. The van der Waals surface area contributed by atoms with Gasteiger partial charge in [-0.1, -0.05) is 20.3 Å². The first-order chi connectivity index (χ1) is 10.7. The highest BCUT2D eigenvalue weighted by Crippen LogP contribution is 2.64. The van der Waals surface area contributed by atoms with E-state index < -0.39 is 0 Å². The van der Waals surface area contributed by atoms with Gasteiger partial charge in [-0.3, -0.25) is 4.79 Å². The average Bonchev–Trinajstić information content (AvgIpc) is 2.45. The van der Waals surface area contributed by atoms with E-state index in [4.69, 9.17) is 4.74 Å². The molecule has 0 saturated heterocycles. The molecule has 1 atom stereocenters. The highest BCUT2D eigenvalue weighted by molar-refractivity contribution is 5.76. The maximum Gasteiger partial charge on any atom is 0.312 e. The van der Waals surface area contributed by atoms with Gasteiger partial charge in [-0.25, -0.2) is 0 Å². The van der Waals surface area contributed by atoms with Gasteiger partial charge in [0.25, 0.3) is 0 Å². The summed E-state index contributed by atoms with van der Waals surface area (Å²) < 4.78 is 6.29. The first kappa shape index (κ1) is 17.3. The lowest BCUT2D eigenvalue weighted by Gasteiger charge is -2.61. The number of esters is 1. The Kier molecular flexibility index (Phi) is 4.34. The Morgan fingerprint density at radius 3 is 1.87 bits per heavy atom. The summed E-state index contributed by atoms with van der Waals surface area (Å²) in [7, 11) is 0.